The van der Waals surface area contributed by atoms with E-state index in [1.54, 1.807) is 18.2 Å². The predicted molar refractivity (Wildman–Crippen MR) is 66.1 cm³/mol. The van der Waals surface area contributed by atoms with Crippen molar-refractivity contribution in [1.82, 2.24) is 4.98 Å². The highest BCUT2D eigenvalue weighted by Crippen LogP contribution is 2.30. The molecule has 0 aliphatic carbocycles. The summed E-state index contributed by atoms with van der Waals surface area (Å²) >= 11 is 1.04. The molecular weight excluding hydrogens is 254 g/mol. The highest BCUT2D eigenvalue weighted by Gasteiger charge is 2.13. The Morgan fingerprint density at radius 2 is 2.22 bits per heavy atom. The van der Waals surface area contributed by atoms with Gasteiger partial charge in [0.2, 0.25) is 5.89 Å². The van der Waals surface area contributed by atoms with E-state index in [0.717, 1.165) is 16.7 Å². The number of rotatable bonds is 1. The smallest absolute Gasteiger partial charge is 0.330 e. The molecule has 90 valence electrons. The summed E-state index contributed by atoms with van der Waals surface area (Å²) < 4.78 is 10.5. The minimum absolute atomic E-state index is 0.288. The zero-order valence-corrected chi connectivity index (χ0v) is 10.1. The zero-order chi connectivity index (χ0) is 12.7. The molecule has 0 bridgehead atoms. The number of aromatic nitrogens is 1. The first-order valence-corrected chi connectivity index (χ1v) is 5.96. The van der Waals surface area contributed by atoms with E-state index in [9.17, 15) is 9.59 Å². The van der Waals surface area contributed by atoms with Crippen molar-refractivity contribution in [3.05, 3.63) is 33.9 Å². The van der Waals surface area contributed by atoms with Gasteiger partial charge in [0.1, 0.15) is 11.3 Å². The molecule has 1 aromatic rings. The van der Waals surface area contributed by atoms with Crippen LogP contribution >= 0.6 is 11.3 Å². The van der Waals surface area contributed by atoms with Crippen LogP contribution in [0.5, 0.6) is 5.75 Å². The van der Waals surface area contributed by atoms with E-state index in [1.807, 2.05) is 6.07 Å². The average molecular weight is 261 g/mol. The number of thiazole rings is 1. The fourth-order valence-corrected chi connectivity index (χ4v) is 2.34. The minimum Gasteiger partial charge on any atom is -0.437 e. The molecule has 2 heterocycles. The Labute approximate surface area is 105 Å². The normalized spacial score (nSPS) is 10.9. The van der Waals surface area contributed by atoms with Gasteiger partial charge in [-0.05, 0) is 18.2 Å². The summed E-state index contributed by atoms with van der Waals surface area (Å²) in [7, 11) is 0. The van der Waals surface area contributed by atoms with Crippen LogP contribution in [0.2, 0.25) is 0 Å². The molecule has 0 saturated carbocycles. The topological polar surface area (TPSA) is 69.4 Å². The van der Waals surface area contributed by atoms with E-state index >= 15 is 0 Å². The lowest BCUT2D eigenvalue weighted by Gasteiger charge is -2.04. The molecule has 0 N–H and O–H groups in total. The van der Waals surface area contributed by atoms with Crippen molar-refractivity contribution in [3.63, 3.8) is 0 Å². The largest absolute Gasteiger partial charge is 0.437 e. The van der Waals surface area contributed by atoms with Crippen molar-refractivity contribution < 1.29 is 13.9 Å². The lowest BCUT2D eigenvalue weighted by Crippen LogP contribution is -2.00. The molecule has 0 radical (unpaired) electrons. The lowest BCUT2D eigenvalue weighted by atomic mass is 10.2. The van der Waals surface area contributed by atoms with E-state index in [-0.39, 0.29) is 4.87 Å². The quantitative estimate of drug-likeness (QED) is 0.496. The number of hydrogen-bond acceptors (Lipinski definition) is 6. The van der Waals surface area contributed by atoms with Gasteiger partial charge < -0.3 is 9.15 Å². The Balaban J connectivity index is 2.21. The van der Waals surface area contributed by atoms with Crippen LogP contribution in [0.15, 0.2) is 33.5 Å². The van der Waals surface area contributed by atoms with Crippen LogP contribution in [-0.2, 0) is 4.79 Å². The number of ether oxygens (including phenoxy) is 1. The maximum atomic E-state index is 11.2. The summed E-state index contributed by atoms with van der Waals surface area (Å²) in [5, 5.41) is 0.821. The fourth-order valence-electron chi connectivity index (χ4n) is 1.66. The Bertz CT molecular complexity index is 773. The second-order valence-corrected chi connectivity index (χ2v) is 4.68. The van der Waals surface area contributed by atoms with Gasteiger partial charge in [-0.3, -0.25) is 9.59 Å². The van der Waals surface area contributed by atoms with Gasteiger partial charge in [0.15, 0.2) is 0 Å². The molecule has 2 aliphatic heterocycles. The van der Waals surface area contributed by atoms with Crippen LogP contribution in [-0.4, -0.2) is 11.0 Å². The Morgan fingerprint density at radius 1 is 1.39 bits per heavy atom. The number of hydrogen-bond donors (Lipinski definition) is 0. The number of benzene rings is 1. The van der Waals surface area contributed by atoms with Crippen LogP contribution in [0.1, 0.15) is 6.92 Å². The highest BCUT2D eigenvalue weighted by molar-refractivity contribution is 7.13. The van der Waals surface area contributed by atoms with Crippen molar-refractivity contribution in [2.75, 3.05) is 0 Å². The minimum atomic E-state index is -0.397. The average Bonchev–Trinajstić information content (AvgIpc) is 2.64. The summed E-state index contributed by atoms with van der Waals surface area (Å²) in [6.45, 7) is 1.33. The van der Waals surface area contributed by atoms with Crippen molar-refractivity contribution in [1.29, 1.82) is 0 Å². The zero-order valence-electron chi connectivity index (χ0n) is 9.30. The van der Waals surface area contributed by atoms with Gasteiger partial charge in [-0.2, -0.15) is 4.98 Å². The third-order valence-electron chi connectivity index (χ3n) is 2.34. The van der Waals surface area contributed by atoms with Crippen molar-refractivity contribution in [2.45, 2.75) is 6.92 Å². The summed E-state index contributed by atoms with van der Waals surface area (Å²) in [5.41, 5.74) is 0.520. The number of esters is 1. The summed E-state index contributed by atoms with van der Waals surface area (Å²) in [6, 6.07) is 6.86. The molecule has 0 fully saturated rings. The Kier molecular flexibility index (Phi) is 2.38. The molecule has 0 amide bonds. The van der Waals surface area contributed by atoms with E-state index in [2.05, 4.69) is 4.98 Å². The number of carbonyl (C=O) groups is 1. The third-order valence-corrected chi connectivity index (χ3v) is 3.12. The van der Waals surface area contributed by atoms with Crippen LogP contribution in [0.4, 0.5) is 0 Å². The van der Waals surface area contributed by atoms with Crippen molar-refractivity contribution in [3.8, 4) is 16.5 Å². The molecule has 5 nitrogen and oxygen atoms in total. The fraction of sp³-hybridized carbons (Fsp3) is 0.0833. The molecule has 0 unspecified atom stereocenters. The number of fused-ring (bicyclic) bond motifs is 2. The van der Waals surface area contributed by atoms with E-state index in [1.165, 1.54) is 6.92 Å². The lowest BCUT2D eigenvalue weighted by molar-refractivity contribution is -0.131. The van der Waals surface area contributed by atoms with Gasteiger partial charge in [-0.1, -0.05) is 11.3 Å². The van der Waals surface area contributed by atoms with E-state index in [4.69, 9.17) is 9.15 Å². The molecule has 0 atom stereocenters. The van der Waals surface area contributed by atoms with Crippen LogP contribution < -0.4 is 9.61 Å². The molecular formula is C12H7NO4S. The number of carbonyl (C=O) groups excluding carboxylic acids is 1. The van der Waals surface area contributed by atoms with Gasteiger partial charge in [0, 0.05) is 18.4 Å². The van der Waals surface area contributed by atoms with Gasteiger partial charge in [0.25, 0.3) is 0 Å². The van der Waals surface area contributed by atoms with Crippen molar-refractivity contribution >= 4 is 28.3 Å². The third kappa shape index (κ3) is 1.86. The Morgan fingerprint density at radius 3 is 3.00 bits per heavy atom. The summed E-state index contributed by atoms with van der Waals surface area (Å²) in [6.07, 6.45) is 0. The molecule has 0 saturated heterocycles. The maximum absolute atomic E-state index is 11.2. The van der Waals surface area contributed by atoms with Crippen molar-refractivity contribution in [2.24, 2.45) is 0 Å². The molecule has 0 spiro atoms. The van der Waals surface area contributed by atoms with Gasteiger partial charge in [0.05, 0.1) is 4.88 Å². The van der Waals surface area contributed by atoms with Crippen LogP contribution in [0.3, 0.4) is 0 Å². The van der Waals surface area contributed by atoms with Crippen LogP contribution in [0, 0.1) is 0 Å². The highest BCUT2D eigenvalue weighted by atomic mass is 32.1. The second-order valence-electron chi connectivity index (χ2n) is 3.69. The monoisotopic (exact) mass is 261 g/mol. The molecule has 18 heavy (non-hydrogen) atoms. The summed E-state index contributed by atoms with van der Waals surface area (Å²) in [5.74, 6) is 0.305. The molecule has 0 aromatic heterocycles. The predicted octanol–water partition coefficient (Wildman–Crippen LogP) is 2.28. The first-order valence-electron chi connectivity index (χ1n) is 5.15. The molecule has 3 rings (SSSR count). The van der Waals surface area contributed by atoms with E-state index in [0.29, 0.717) is 22.1 Å². The van der Waals surface area contributed by atoms with Gasteiger partial charge in [-0.15, -0.1) is 0 Å². The number of nitrogens with zero attached hydrogens (tertiary/aromatic N) is 1. The SMILES string of the molecule is CC(=O)Oc1ccc2cc3sc(=O)nc-3oc2c1. The maximum Gasteiger partial charge on any atom is 0.330 e. The van der Waals surface area contributed by atoms with Gasteiger partial charge >= 0.3 is 10.8 Å². The standard InChI is InChI=1S/C12H7NO4S/c1-6(14)16-8-3-2-7-4-10-11(13-12(15)18-10)17-9(7)5-8/h2-5H,1H3. The van der Waals surface area contributed by atoms with Gasteiger partial charge in [-0.25, -0.2) is 0 Å². The summed E-state index contributed by atoms with van der Waals surface area (Å²) in [4.78, 5) is 26.2. The molecule has 2 aliphatic rings. The second kappa shape index (κ2) is 3.92. The Hall–Kier alpha value is -2.21. The van der Waals surface area contributed by atoms with Crippen LogP contribution in [0.25, 0.3) is 21.7 Å². The molecule has 1 aromatic carbocycles. The molecule has 6 heteroatoms. The first-order chi connectivity index (χ1) is 8.61. The first kappa shape index (κ1) is 10.9. The van der Waals surface area contributed by atoms with E-state index < -0.39 is 5.97 Å².